The average molecular weight is 435 g/mol. The molecule has 2 aromatic carbocycles. The molecule has 0 N–H and O–H groups in total. The van der Waals surface area contributed by atoms with Gasteiger partial charge in [0.2, 0.25) is 5.72 Å². The molecule has 0 aliphatic carbocycles. The van der Waals surface area contributed by atoms with E-state index < -0.39 is 22.6 Å². The van der Waals surface area contributed by atoms with E-state index in [0.29, 0.717) is 20.6 Å². The zero-order valence-electron chi connectivity index (χ0n) is 16.6. The SMILES string of the molecule is CC(=O)[C@H]1[C@@H]2c3ccccc3O[C@]1(C)N=c1s/c(=C\c3ccc([N+](=O)[O-])cc3)c(=O)n12. The van der Waals surface area contributed by atoms with E-state index >= 15 is 0 Å². The van der Waals surface area contributed by atoms with Gasteiger partial charge in [-0.1, -0.05) is 29.5 Å². The van der Waals surface area contributed by atoms with Gasteiger partial charge >= 0.3 is 0 Å². The molecule has 0 radical (unpaired) electrons. The molecule has 3 heterocycles. The molecular weight excluding hydrogens is 418 g/mol. The molecule has 9 heteroatoms. The maximum Gasteiger partial charge on any atom is 0.270 e. The van der Waals surface area contributed by atoms with Crippen molar-refractivity contribution in [2.24, 2.45) is 10.9 Å². The highest BCUT2D eigenvalue weighted by Crippen LogP contribution is 2.47. The van der Waals surface area contributed by atoms with Crippen LogP contribution in [0, 0.1) is 16.0 Å². The number of benzene rings is 2. The molecule has 0 saturated heterocycles. The minimum absolute atomic E-state index is 0.0193. The molecule has 2 aliphatic heterocycles. The highest BCUT2D eigenvalue weighted by atomic mass is 32.1. The Labute approximate surface area is 179 Å². The molecule has 5 rings (SSSR count). The summed E-state index contributed by atoms with van der Waals surface area (Å²) in [5.41, 5.74) is 0.0625. The molecule has 2 bridgehead atoms. The number of nitro groups is 1. The summed E-state index contributed by atoms with van der Waals surface area (Å²) in [5, 5.41) is 10.9. The highest BCUT2D eigenvalue weighted by Gasteiger charge is 2.53. The summed E-state index contributed by atoms with van der Waals surface area (Å²) in [4.78, 5) is 41.6. The van der Waals surface area contributed by atoms with Gasteiger partial charge in [-0.2, -0.15) is 0 Å². The zero-order valence-corrected chi connectivity index (χ0v) is 17.5. The van der Waals surface area contributed by atoms with Crippen molar-refractivity contribution in [1.82, 2.24) is 4.57 Å². The van der Waals surface area contributed by atoms with Crippen LogP contribution in [0.4, 0.5) is 5.69 Å². The van der Waals surface area contributed by atoms with Crippen molar-refractivity contribution in [2.75, 3.05) is 0 Å². The van der Waals surface area contributed by atoms with Gasteiger partial charge in [-0.15, -0.1) is 0 Å². The fourth-order valence-electron chi connectivity index (χ4n) is 4.40. The second kappa shape index (κ2) is 6.71. The molecule has 0 unspecified atom stereocenters. The third kappa shape index (κ3) is 2.92. The number of hydrogen-bond donors (Lipinski definition) is 0. The number of Topliss-reactive ketones (excluding diaryl/α,β-unsaturated/α-hetero) is 1. The summed E-state index contributed by atoms with van der Waals surface area (Å²) in [7, 11) is 0. The first-order valence-electron chi connectivity index (χ1n) is 9.64. The number of nitrogens with zero attached hydrogens (tertiary/aromatic N) is 3. The van der Waals surface area contributed by atoms with Crippen molar-refractivity contribution in [3.05, 3.63) is 89.5 Å². The van der Waals surface area contributed by atoms with Gasteiger partial charge in [0, 0.05) is 17.7 Å². The first-order chi connectivity index (χ1) is 14.8. The van der Waals surface area contributed by atoms with Crippen molar-refractivity contribution in [3.63, 3.8) is 0 Å². The average Bonchev–Trinajstić information content (AvgIpc) is 3.01. The molecule has 3 aromatic rings. The van der Waals surface area contributed by atoms with Crippen LogP contribution >= 0.6 is 11.3 Å². The lowest BCUT2D eigenvalue weighted by atomic mass is 9.79. The Bertz CT molecular complexity index is 1420. The van der Waals surface area contributed by atoms with Gasteiger partial charge in [0.25, 0.3) is 11.2 Å². The number of carbonyl (C=O) groups is 1. The number of thiazole rings is 1. The fourth-order valence-corrected chi connectivity index (χ4v) is 5.50. The van der Waals surface area contributed by atoms with Crippen molar-refractivity contribution in [3.8, 4) is 5.75 Å². The van der Waals surface area contributed by atoms with E-state index in [1.807, 2.05) is 24.3 Å². The maximum atomic E-state index is 13.4. The third-order valence-corrected chi connectivity index (χ3v) is 6.70. The van der Waals surface area contributed by atoms with Crippen molar-refractivity contribution in [1.29, 1.82) is 0 Å². The van der Waals surface area contributed by atoms with Crippen LogP contribution in [0.15, 0.2) is 58.3 Å². The highest BCUT2D eigenvalue weighted by molar-refractivity contribution is 7.07. The predicted molar refractivity (Wildman–Crippen MR) is 114 cm³/mol. The minimum atomic E-state index is -1.10. The second-order valence-corrected chi connectivity index (χ2v) is 8.77. The Morgan fingerprint density at radius 2 is 1.97 bits per heavy atom. The summed E-state index contributed by atoms with van der Waals surface area (Å²) in [6, 6.07) is 12.8. The van der Waals surface area contributed by atoms with Gasteiger partial charge in [0.1, 0.15) is 17.5 Å². The number of ketones is 1. The van der Waals surface area contributed by atoms with Crippen molar-refractivity contribution in [2.45, 2.75) is 25.6 Å². The summed E-state index contributed by atoms with van der Waals surface area (Å²) in [5.74, 6) is -0.120. The number of hydrogen-bond acceptors (Lipinski definition) is 7. The number of fused-ring (bicyclic) bond motifs is 6. The van der Waals surface area contributed by atoms with E-state index in [9.17, 15) is 19.7 Å². The molecule has 0 saturated carbocycles. The summed E-state index contributed by atoms with van der Waals surface area (Å²) >= 11 is 1.21. The Morgan fingerprint density at radius 3 is 2.65 bits per heavy atom. The van der Waals surface area contributed by atoms with E-state index in [-0.39, 0.29) is 17.0 Å². The lowest BCUT2D eigenvalue weighted by molar-refractivity contribution is -0.384. The smallest absolute Gasteiger partial charge is 0.270 e. The second-order valence-electron chi connectivity index (χ2n) is 7.76. The van der Waals surface area contributed by atoms with E-state index in [0.717, 1.165) is 5.56 Å². The number of ether oxygens (including phenoxy) is 1. The molecule has 0 amide bonds. The number of non-ortho nitro benzene ring substituents is 1. The lowest BCUT2D eigenvalue weighted by Crippen LogP contribution is -2.58. The minimum Gasteiger partial charge on any atom is -0.465 e. The fraction of sp³-hybridized carbons (Fsp3) is 0.227. The largest absolute Gasteiger partial charge is 0.465 e. The van der Waals surface area contributed by atoms with Gasteiger partial charge in [0.15, 0.2) is 4.80 Å². The number of aromatic nitrogens is 1. The van der Waals surface area contributed by atoms with Gasteiger partial charge in [-0.25, -0.2) is 4.99 Å². The zero-order chi connectivity index (χ0) is 21.9. The Balaban J connectivity index is 1.74. The van der Waals surface area contributed by atoms with Crippen molar-refractivity contribution >= 4 is 28.9 Å². The van der Waals surface area contributed by atoms with E-state index in [4.69, 9.17) is 4.74 Å². The molecule has 8 nitrogen and oxygen atoms in total. The van der Waals surface area contributed by atoms with Gasteiger partial charge in [-0.05, 0) is 43.7 Å². The van der Waals surface area contributed by atoms with Crippen molar-refractivity contribution < 1.29 is 14.5 Å². The van der Waals surface area contributed by atoms with Gasteiger partial charge < -0.3 is 4.74 Å². The Morgan fingerprint density at radius 1 is 1.26 bits per heavy atom. The topological polar surface area (TPSA) is 104 Å². The molecule has 2 aliphatic rings. The number of carbonyl (C=O) groups excluding carboxylic acids is 1. The molecule has 156 valence electrons. The van der Waals surface area contributed by atoms with E-state index in [1.54, 1.807) is 29.7 Å². The normalized spacial score (nSPS) is 23.9. The summed E-state index contributed by atoms with van der Waals surface area (Å²) in [6.45, 7) is 3.27. The molecule has 1 aromatic heterocycles. The van der Waals surface area contributed by atoms with Crippen LogP contribution in [0.2, 0.25) is 0 Å². The van der Waals surface area contributed by atoms with Gasteiger partial charge in [-0.3, -0.25) is 24.3 Å². The first-order valence-corrected chi connectivity index (χ1v) is 10.5. The molecule has 31 heavy (non-hydrogen) atoms. The number of rotatable bonds is 3. The quantitative estimate of drug-likeness (QED) is 0.463. The first kappa shape index (κ1) is 19.4. The number of nitro benzene ring substituents is 1. The lowest BCUT2D eigenvalue weighted by Gasteiger charge is -2.45. The van der Waals surface area contributed by atoms with Crippen LogP contribution in [0.3, 0.4) is 0 Å². The predicted octanol–water partition coefficient (Wildman–Crippen LogP) is 2.18. The van der Waals surface area contributed by atoms with Crippen LogP contribution in [-0.2, 0) is 4.79 Å². The van der Waals surface area contributed by atoms with Crippen LogP contribution < -0.4 is 19.6 Å². The standard InChI is InChI=1S/C22H17N3O5S/c1-12(26)18-19-15-5-3-4-6-16(15)30-22(18,2)23-21-24(19)20(27)17(31-21)11-13-7-9-14(10-8-13)25(28)29/h3-11,18-19H,1-2H3/b17-11-/t18-,19-,22-/m0/s1. The molecule has 3 atom stereocenters. The maximum absolute atomic E-state index is 13.4. The summed E-state index contributed by atoms with van der Waals surface area (Å²) in [6.07, 6.45) is 1.68. The van der Waals surface area contributed by atoms with E-state index in [1.165, 1.54) is 30.4 Å². The molecular formula is C22H17N3O5S. The number of para-hydroxylation sites is 1. The monoisotopic (exact) mass is 435 g/mol. The van der Waals surface area contributed by atoms with Crippen LogP contribution in [0.5, 0.6) is 5.75 Å². The molecule has 0 spiro atoms. The van der Waals surface area contributed by atoms with Gasteiger partial charge in [0.05, 0.1) is 15.5 Å². The van der Waals surface area contributed by atoms with Crippen LogP contribution in [-0.4, -0.2) is 21.0 Å². The Hall–Kier alpha value is -3.59. The summed E-state index contributed by atoms with van der Waals surface area (Å²) < 4.78 is 8.17. The Kier molecular flexibility index (Phi) is 4.19. The van der Waals surface area contributed by atoms with E-state index in [2.05, 4.69) is 4.99 Å². The third-order valence-electron chi connectivity index (χ3n) is 5.72. The van der Waals surface area contributed by atoms with Crippen LogP contribution in [0.25, 0.3) is 6.08 Å². The van der Waals surface area contributed by atoms with Crippen LogP contribution in [0.1, 0.15) is 31.0 Å². The molecule has 0 fully saturated rings.